The van der Waals surface area contributed by atoms with Crippen LogP contribution in [-0.2, 0) is 16.0 Å². The molecule has 1 aromatic carbocycles. The molecule has 0 fully saturated rings. The van der Waals surface area contributed by atoms with E-state index in [1.807, 2.05) is 12.1 Å². The van der Waals surface area contributed by atoms with Crippen LogP contribution >= 0.6 is 0 Å². The Bertz CT molecular complexity index is 440. The van der Waals surface area contributed by atoms with Crippen molar-refractivity contribution in [3.8, 4) is 0 Å². The van der Waals surface area contributed by atoms with Gasteiger partial charge in [0, 0.05) is 6.42 Å². The number of ketones is 1. The zero-order valence-corrected chi connectivity index (χ0v) is 9.67. The van der Waals surface area contributed by atoms with Crippen molar-refractivity contribution >= 4 is 5.78 Å². The molecule has 1 unspecified atom stereocenters. The first-order valence-electron chi connectivity index (χ1n) is 5.76. The van der Waals surface area contributed by atoms with Crippen LogP contribution in [-0.4, -0.2) is 18.6 Å². The van der Waals surface area contributed by atoms with E-state index in [1.165, 1.54) is 0 Å². The molecule has 1 aromatic rings. The molecule has 0 saturated heterocycles. The third-order valence-corrected chi connectivity index (χ3v) is 2.94. The van der Waals surface area contributed by atoms with Gasteiger partial charge in [-0.1, -0.05) is 24.3 Å². The smallest absolute Gasteiger partial charge is 0.365 e. The number of carbonyl (C=O) groups excluding carboxylic acids is 1. The summed E-state index contributed by atoms with van der Waals surface area (Å²) in [4.78, 5) is 11.8. The van der Waals surface area contributed by atoms with Crippen molar-refractivity contribution in [3.63, 3.8) is 0 Å². The van der Waals surface area contributed by atoms with Gasteiger partial charge in [-0.15, -0.1) is 0 Å². The minimum absolute atomic E-state index is 0.374. The average Bonchev–Trinajstić information content (AvgIpc) is 2.34. The van der Waals surface area contributed by atoms with Gasteiger partial charge in [-0.3, -0.25) is 4.79 Å². The molecule has 0 N–H and O–H groups in total. The standard InChI is InChI=1S/C13H13F3O2/c14-13(15,16)7-5-11(17)12-10-4-2-1-3-9(10)6-8-18-12/h1-4,12H,5-8H2. The Balaban J connectivity index is 2.08. The second-order valence-corrected chi connectivity index (χ2v) is 4.28. The average molecular weight is 258 g/mol. The maximum atomic E-state index is 12.1. The molecule has 1 atom stereocenters. The van der Waals surface area contributed by atoms with Crippen LogP contribution in [0.1, 0.15) is 30.1 Å². The molecule has 0 radical (unpaired) electrons. The topological polar surface area (TPSA) is 26.3 Å². The van der Waals surface area contributed by atoms with E-state index in [2.05, 4.69) is 0 Å². The summed E-state index contributed by atoms with van der Waals surface area (Å²) in [6, 6.07) is 7.23. The van der Waals surface area contributed by atoms with E-state index in [9.17, 15) is 18.0 Å². The number of benzene rings is 1. The van der Waals surface area contributed by atoms with Gasteiger partial charge in [-0.2, -0.15) is 13.2 Å². The predicted octanol–water partition coefficient (Wildman–Crippen LogP) is 3.21. The number of ether oxygens (including phenoxy) is 1. The number of hydrogen-bond acceptors (Lipinski definition) is 2. The summed E-state index contributed by atoms with van der Waals surface area (Å²) in [5.41, 5.74) is 1.69. The highest BCUT2D eigenvalue weighted by Crippen LogP contribution is 2.30. The Kier molecular flexibility index (Phi) is 3.71. The fourth-order valence-corrected chi connectivity index (χ4v) is 2.06. The first kappa shape index (κ1) is 13.1. The lowest BCUT2D eigenvalue weighted by atomic mass is 9.94. The fraction of sp³-hybridized carbons (Fsp3) is 0.462. The van der Waals surface area contributed by atoms with Crippen LogP contribution in [0.2, 0.25) is 0 Å². The van der Waals surface area contributed by atoms with Gasteiger partial charge in [0.2, 0.25) is 0 Å². The Morgan fingerprint density at radius 1 is 1.33 bits per heavy atom. The molecule has 0 spiro atoms. The maximum absolute atomic E-state index is 12.1. The minimum Gasteiger partial charge on any atom is -0.365 e. The van der Waals surface area contributed by atoms with E-state index >= 15 is 0 Å². The van der Waals surface area contributed by atoms with Gasteiger partial charge < -0.3 is 4.74 Å². The number of fused-ring (bicyclic) bond motifs is 1. The van der Waals surface area contributed by atoms with E-state index < -0.39 is 30.9 Å². The van der Waals surface area contributed by atoms with E-state index in [0.717, 1.165) is 5.56 Å². The van der Waals surface area contributed by atoms with Crippen LogP contribution in [0, 0.1) is 0 Å². The zero-order valence-electron chi connectivity index (χ0n) is 9.67. The summed E-state index contributed by atoms with van der Waals surface area (Å²) >= 11 is 0. The summed E-state index contributed by atoms with van der Waals surface area (Å²) in [5.74, 6) is -0.500. The number of alkyl halides is 3. The first-order valence-corrected chi connectivity index (χ1v) is 5.76. The zero-order chi connectivity index (χ0) is 13.2. The molecule has 5 heteroatoms. The number of rotatable bonds is 3. The molecule has 1 heterocycles. The highest BCUT2D eigenvalue weighted by Gasteiger charge is 2.32. The van der Waals surface area contributed by atoms with Crippen molar-refractivity contribution in [1.29, 1.82) is 0 Å². The van der Waals surface area contributed by atoms with E-state index in [-0.39, 0.29) is 0 Å². The van der Waals surface area contributed by atoms with Gasteiger partial charge in [0.1, 0.15) is 6.10 Å². The SMILES string of the molecule is O=C(CCC(F)(F)F)C1OCCc2ccccc21. The Hall–Kier alpha value is -1.36. The molecule has 0 aromatic heterocycles. The maximum Gasteiger partial charge on any atom is 0.389 e. The van der Waals surface area contributed by atoms with E-state index in [4.69, 9.17) is 4.74 Å². The molecule has 0 aliphatic carbocycles. The third kappa shape index (κ3) is 3.10. The van der Waals surface area contributed by atoms with Crippen LogP contribution in [0.25, 0.3) is 0 Å². The van der Waals surface area contributed by atoms with Crippen molar-refractivity contribution in [1.82, 2.24) is 0 Å². The van der Waals surface area contributed by atoms with Crippen LogP contribution in [0.4, 0.5) is 13.2 Å². The Labute approximate surface area is 103 Å². The van der Waals surface area contributed by atoms with Crippen molar-refractivity contribution < 1.29 is 22.7 Å². The van der Waals surface area contributed by atoms with Crippen molar-refractivity contribution in [2.24, 2.45) is 0 Å². The molecular formula is C13H13F3O2. The lowest BCUT2D eigenvalue weighted by Crippen LogP contribution is -2.24. The summed E-state index contributed by atoms with van der Waals surface area (Å²) in [7, 11) is 0. The van der Waals surface area contributed by atoms with Crippen LogP contribution in [0.5, 0.6) is 0 Å². The lowest BCUT2D eigenvalue weighted by Gasteiger charge is -2.25. The van der Waals surface area contributed by atoms with Crippen molar-refractivity contribution in [2.45, 2.75) is 31.5 Å². The Morgan fingerprint density at radius 2 is 2.06 bits per heavy atom. The molecule has 1 aliphatic rings. The molecule has 2 rings (SSSR count). The summed E-state index contributed by atoms with van der Waals surface area (Å²) in [6.07, 6.45) is -6.06. The lowest BCUT2D eigenvalue weighted by molar-refractivity contribution is -0.149. The molecule has 1 aliphatic heterocycles. The van der Waals surface area contributed by atoms with Gasteiger partial charge >= 0.3 is 6.18 Å². The molecule has 0 bridgehead atoms. The third-order valence-electron chi connectivity index (χ3n) is 2.94. The summed E-state index contributed by atoms with van der Waals surface area (Å²) in [6.45, 7) is 0.374. The second-order valence-electron chi connectivity index (χ2n) is 4.28. The Morgan fingerprint density at radius 3 is 2.78 bits per heavy atom. The van der Waals surface area contributed by atoms with Crippen molar-refractivity contribution in [3.05, 3.63) is 35.4 Å². The fourth-order valence-electron chi connectivity index (χ4n) is 2.06. The summed E-state index contributed by atoms with van der Waals surface area (Å²) in [5, 5.41) is 0. The monoisotopic (exact) mass is 258 g/mol. The molecular weight excluding hydrogens is 245 g/mol. The number of hydrogen-bond donors (Lipinski definition) is 0. The quantitative estimate of drug-likeness (QED) is 0.832. The first-order chi connectivity index (χ1) is 8.47. The normalized spacial score (nSPS) is 19.4. The largest absolute Gasteiger partial charge is 0.389 e. The van der Waals surface area contributed by atoms with Gasteiger partial charge in [0.15, 0.2) is 5.78 Å². The summed E-state index contributed by atoms with van der Waals surface area (Å²) < 4.78 is 41.6. The van der Waals surface area contributed by atoms with Gasteiger partial charge in [0.25, 0.3) is 0 Å². The number of halogens is 3. The van der Waals surface area contributed by atoms with E-state index in [1.54, 1.807) is 12.1 Å². The van der Waals surface area contributed by atoms with Crippen LogP contribution < -0.4 is 0 Å². The van der Waals surface area contributed by atoms with Gasteiger partial charge in [-0.05, 0) is 17.5 Å². The number of Topliss-reactive ketones (excluding diaryl/α,β-unsaturated/α-hetero) is 1. The molecule has 2 nitrogen and oxygen atoms in total. The van der Waals surface area contributed by atoms with Crippen molar-refractivity contribution in [2.75, 3.05) is 6.61 Å². The highest BCUT2D eigenvalue weighted by atomic mass is 19.4. The number of carbonyl (C=O) groups is 1. The minimum atomic E-state index is -4.30. The second kappa shape index (κ2) is 5.10. The predicted molar refractivity (Wildman–Crippen MR) is 59.1 cm³/mol. The van der Waals surface area contributed by atoms with Gasteiger partial charge in [-0.25, -0.2) is 0 Å². The van der Waals surface area contributed by atoms with Crippen LogP contribution in [0.3, 0.4) is 0 Å². The molecule has 0 saturated carbocycles. The molecule has 98 valence electrons. The van der Waals surface area contributed by atoms with E-state index in [0.29, 0.717) is 18.6 Å². The molecule has 0 amide bonds. The molecule has 18 heavy (non-hydrogen) atoms. The van der Waals surface area contributed by atoms with Crippen LogP contribution in [0.15, 0.2) is 24.3 Å². The van der Waals surface area contributed by atoms with Gasteiger partial charge in [0.05, 0.1) is 13.0 Å². The highest BCUT2D eigenvalue weighted by molar-refractivity contribution is 5.85.